The number of imide groups is 4. The molecule has 0 saturated carbocycles. The zero-order valence-electron chi connectivity index (χ0n) is 14.3. The summed E-state index contributed by atoms with van der Waals surface area (Å²) >= 11 is 0. The summed E-state index contributed by atoms with van der Waals surface area (Å²) in [7, 11) is 0. The molecule has 10 nitrogen and oxygen atoms in total. The van der Waals surface area contributed by atoms with E-state index in [1.165, 1.54) is 0 Å². The SMILES string of the molecule is CCC1(C2=CCCCC2)C(=O)NC(=O)NC1=O.O=C1CC(=O)NC(=O)N1. The average molecular weight is 364 g/mol. The lowest BCUT2D eigenvalue weighted by Crippen LogP contribution is -2.63. The molecule has 0 aromatic rings. The summed E-state index contributed by atoms with van der Waals surface area (Å²) in [6, 6.07) is -1.46. The average Bonchev–Trinajstić information content (AvgIpc) is 2.55. The van der Waals surface area contributed by atoms with Gasteiger partial charge < -0.3 is 0 Å². The number of amides is 8. The van der Waals surface area contributed by atoms with Crippen LogP contribution in [0.5, 0.6) is 0 Å². The van der Waals surface area contributed by atoms with Crippen LogP contribution in [0.3, 0.4) is 0 Å². The third-order valence-corrected chi connectivity index (χ3v) is 4.43. The molecule has 0 atom stereocenters. The number of allylic oxidation sites excluding steroid dienone is 1. The highest BCUT2D eigenvalue weighted by atomic mass is 16.2. The fraction of sp³-hybridized carbons (Fsp3) is 0.500. The van der Waals surface area contributed by atoms with E-state index < -0.39 is 41.1 Å². The van der Waals surface area contributed by atoms with Gasteiger partial charge in [-0.05, 0) is 37.7 Å². The lowest BCUT2D eigenvalue weighted by molar-refractivity contribution is -0.142. The fourth-order valence-electron chi connectivity index (χ4n) is 3.14. The van der Waals surface area contributed by atoms with Gasteiger partial charge in [0, 0.05) is 0 Å². The van der Waals surface area contributed by atoms with Gasteiger partial charge >= 0.3 is 12.1 Å². The van der Waals surface area contributed by atoms with Gasteiger partial charge in [-0.15, -0.1) is 0 Å². The van der Waals surface area contributed by atoms with Gasteiger partial charge in [-0.25, -0.2) is 9.59 Å². The summed E-state index contributed by atoms with van der Waals surface area (Å²) in [5.74, 6) is -2.07. The van der Waals surface area contributed by atoms with Crippen LogP contribution in [0.15, 0.2) is 11.6 Å². The van der Waals surface area contributed by atoms with Crippen molar-refractivity contribution in [3.05, 3.63) is 11.6 Å². The Kier molecular flexibility index (Phi) is 5.86. The summed E-state index contributed by atoms with van der Waals surface area (Å²) in [6.07, 6.45) is 5.82. The van der Waals surface area contributed by atoms with E-state index >= 15 is 0 Å². The van der Waals surface area contributed by atoms with Crippen LogP contribution in [0.1, 0.15) is 45.4 Å². The predicted octanol–water partition coefficient (Wildman–Crippen LogP) is -0.00830. The zero-order valence-corrected chi connectivity index (χ0v) is 14.3. The minimum absolute atomic E-state index is 0.258. The maximum atomic E-state index is 12.0. The molecule has 0 bridgehead atoms. The first-order valence-electron chi connectivity index (χ1n) is 8.29. The molecule has 0 spiro atoms. The van der Waals surface area contributed by atoms with E-state index in [9.17, 15) is 28.8 Å². The van der Waals surface area contributed by atoms with E-state index in [0.717, 1.165) is 31.3 Å². The number of urea groups is 2. The number of hydrogen-bond donors (Lipinski definition) is 4. The van der Waals surface area contributed by atoms with Gasteiger partial charge in [0.05, 0.1) is 0 Å². The Balaban J connectivity index is 0.000000228. The molecule has 1 aliphatic carbocycles. The summed E-state index contributed by atoms with van der Waals surface area (Å²) in [4.78, 5) is 66.0. The monoisotopic (exact) mass is 364 g/mol. The van der Waals surface area contributed by atoms with Crippen molar-refractivity contribution in [2.24, 2.45) is 5.41 Å². The molecule has 2 aliphatic heterocycles. The van der Waals surface area contributed by atoms with Crippen LogP contribution in [0.2, 0.25) is 0 Å². The van der Waals surface area contributed by atoms with Crippen molar-refractivity contribution in [1.82, 2.24) is 21.3 Å². The molecule has 3 rings (SSSR count). The Labute approximate surface area is 149 Å². The smallest absolute Gasteiger partial charge is 0.277 e. The summed E-state index contributed by atoms with van der Waals surface area (Å²) in [5.41, 5.74) is -0.317. The van der Waals surface area contributed by atoms with E-state index in [1.54, 1.807) is 6.92 Å². The summed E-state index contributed by atoms with van der Waals surface area (Å²) in [6.45, 7) is 1.80. The topological polar surface area (TPSA) is 151 Å². The second-order valence-electron chi connectivity index (χ2n) is 6.07. The number of hydrogen-bond acceptors (Lipinski definition) is 6. The first-order valence-corrected chi connectivity index (χ1v) is 8.29. The lowest BCUT2D eigenvalue weighted by Gasteiger charge is -2.36. The summed E-state index contributed by atoms with van der Waals surface area (Å²) < 4.78 is 0. The van der Waals surface area contributed by atoms with Crippen LogP contribution in [0.4, 0.5) is 9.59 Å². The third kappa shape index (κ3) is 3.95. The quantitative estimate of drug-likeness (QED) is 0.400. The summed E-state index contributed by atoms with van der Waals surface area (Å²) in [5, 5.41) is 8.20. The Morgan fingerprint density at radius 2 is 1.38 bits per heavy atom. The molecule has 140 valence electrons. The Hall–Kier alpha value is -3.04. The molecule has 2 heterocycles. The maximum Gasteiger partial charge on any atom is 0.328 e. The number of nitrogens with one attached hydrogen (secondary N) is 4. The third-order valence-electron chi connectivity index (χ3n) is 4.43. The van der Waals surface area contributed by atoms with Crippen LogP contribution in [0.25, 0.3) is 0 Å². The van der Waals surface area contributed by atoms with Gasteiger partial charge in [0.15, 0.2) is 0 Å². The number of barbiturate groups is 2. The first-order chi connectivity index (χ1) is 12.3. The van der Waals surface area contributed by atoms with Crippen molar-refractivity contribution in [3.8, 4) is 0 Å². The number of carbonyl (C=O) groups is 6. The van der Waals surface area contributed by atoms with Crippen molar-refractivity contribution in [1.29, 1.82) is 0 Å². The highest BCUT2D eigenvalue weighted by Gasteiger charge is 2.51. The van der Waals surface area contributed by atoms with Crippen LogP contribution < -0.4 is 21.3 Å². The van der Waals surface area contributed by atoms with Crippen molar-refractivity contribution in [2.75, 3.05) is 0 Å². The van der Waals surface area contributed by atoms with E-state index in [2.05, 4.69) is 10.6 Å². The van der Waals surface area contributed by atoms with Crippen LogP contribution in [-0.2, 0) is 19.2 Å². The zero-order chi connectivity index (χ0) is 19.3. The highest BCUT2D eigenvalue weighted by molar-refractivity contribution is 6.21. The van der Waals surface area contributed by atoms with Crippen LogP contribution in [0, 0.1) is 5.41 Å². The van der Waals surface area contributed by atoms with Crippen molar-refractivity contribution in [2.45, 2.75) is 45.4 Å². The molecule has 2 saturated heterocycles. The van der Waals surface area contributed by atoms with Gasteiger partial charge in [-0.3, -0.25) is 40.4 Å². The Morgan fingerprint density at radius 1 is 0.846 bits per heavy atom. The highest BCUT2D eigenvalue weighted by Crippen LogP contribution is 2.39. The van der Waals surface area contributed by atoms with Crippen LogP contribution >= 0.6 is 0 Å². The molecule has 0 aromatic carbocycles. The van der Waals surface area contributed by atoms with Crippen molar-refractivity contribution < 1.29 is 28.8 Å². The van der Waals surface area contributed by atoms with Crippen molar-refractivity contribution >= 4 is 35.7 Å². The molecule has 10 heteroatoms. The van der Waals surface area contributed by atoms with Crippen LogP contribution in [-0.4, -0.2) is 35.7 Å². The molecule has 4 N–H and O–H groups in total. The molecule has 0 aromatic heterocycles. The second kappa shape index (κ2) is 7.89. The van der Waals surface area contributed by atoms with E-state index in [4.69, 9.17) is 0 Å². The molecule has 0 radical (unpaired) electrons. The lowest BCUT2D eigenvalue weighted by atomic mass is 9.71. The molecule has 26 heavy (non-hydrogen) atoms. The first kappa shape index (κ1) is 19.3. The minimum atomic E-state index is -1.17. The van der Waals surface area contributed by atoms with Gasteiger partial charge in [0.1, 0.15) is 11.8 Å². The molecular formula is C16H20N4O6. The van der Waals surface area contributed by atoms with E-state index in [0.29, 0.717) is 6.42 Å². The Morgan fingerprint density at radius 3 is 1.81 bits per heavy atom. The molecule has 2 fully saturated rings. The fourth-order valence-corrected chi connectivity index (χ4v) is 3.14. The van der Waals surface area contributed by atoms with Gasteiger partial charge in [0.25, 0.3) is 0 Å². The molecular weight excluding hydrogens is 344 g/mol. The second-order valence-corrected chi connectivity index (χ2v) is 6.07. The van der Waals surface area contributed by atoms with Gasteiger partial charge in [-0.1, -0.05) is 13.0 Å². The number of carbonyl (C=O) groups excluding carboxylic acids is 6. The van der Waals surface area contributed by atoms with E-state index in [1.807, 2.05) is 16.7 Å². The predicted molar refractivity (Wildman–Crippen MR) is 87.3 cm³/mol. The Bertz CT molecular complexity index is 646. The normalized spacial score (nSPS) is 22.1. The minimum Gasteiger partial charge on any atom is -0.277 e. The van der Waals surface area contributed by atoms with E-state index in [-0.39, 0.29) is 6.42 Å². The largest absolute Gasteiger partial charge is 0.328 e. The molecule has 8 amide bonds. The van der Waals surface area contributed by atoms with Gasteiger partial charge in [-0.2, -0.15) is 0 Å². The standard InChI is InChI=1S/C12H16N2O3.C4H4N2O3/c1-2-12(8-6-4-3-5-7-8)9(15)13-11(17)14-10(12)16;7-2-1-3(8)6-4(9)5-2/h6H,2-5,7H2,1H3,(H2,13,14,15,16,17);1H2,(H2,5,6,7,8,9). The molecule has 0 unspecified atom stereocenters. The molecule has 3 aliphatic rings. The van der Waals surface area contributed by atoms with Gasteiger partial charge in [0.2, 0.25) is 23.6 Å². The van der Waals surface area contributed by atoms with Crippen molar-refractivity contribution in [3.63, 3.8) is 0 Å². The number of rotatable bonds is 2. The maximum absolute atomic E-state index is 12.0.